The molecule has 1 aromatic carbocycles. The minimum atomic E-state index is -1.10. The Bertz CT molecular complexity index is 482. The number of hydrogen-bond acceptors (Lipinski definition) is 4. The number of ether oxygens (including phenoxy) is 2. The number of methoxy groups -OCH3 is 1. The van der Waals surface area contributed by atoms with Gasteiger partial charge >= 0.3 is 0 Å². The molecule has 0 aliphatic rings. The van der Waals surface area contributed by atoms with Crippen LogP contribution in [0, 0.1) is 12.8 Å². The van der Waals surface area contributed by atoms with Crippen molar-refractivity contribution in [2.24, 2.45) is 5.92 Å². The minimum absolute atomic E-state index is 0.0384. The monoisotopic (exact) mass is 294 g/mol. The van der Waals surface area contributed by atoms with E-state index in [0.29, 0.717) is 18.6 Å². The predicted octanol–water partition coefficient (Wildman–Crippen LogP) is 3.19. The summed E-state index contributed by atoms with van der Waals surface area (Å²) in [6.07, 6.45) is 0.721. The van der Waals surface area contributed by atoms with E-state index < -0.39 is 5.60 Å². The zero-order valence-electron chi connectivity index (χ0n) is 13.6. The van der Waals surface area contributed by atoms with Gasteiger partial charge < -0.3 is 19.4 Å². The molecule has 0 amide bonds. The summed E-state index contributed by atoms with van der Waals surface area (Å²) in [5, 5.41) is 11.1. The Morgan fingerprint density at radius 1 is 1.38 bits per heavy atom. The largest absolute Gasteiger partial charge is 0.467 e. The van der Waals surface area contributed by atoms with E-state index in [1.54, 1.807) is 14.0 Å². The molecule has 0 bridgehead atoms. The summed E-state index contributed by atoms with van der Waals surface area (Å²) in [5.74, 6) is 0.631. The molecule has 0 aromatic heterocycles. The highest BCUT2D eigenvalue weighted by molar-refractivity contribution is 5.75. The molecule has 1 N–H and O–H groups in total. The normalized spacial score (nSPS) is 14.0. The zero-order chi connectivity index (χ0) is 16.0. The van der Waals surface area contributed by atoms with Crippen LogP contribution >= 0.6 is 0 Å². The SMILES string of the molecule is COCOc1ccc(C)cc1C(O)(CCC(C)=O)C(C)C. The molecular weight excluding hydrogens is 268 g/mol. The summed E-state index contributed by atoms with van der Waals surface area (Å²) in [7, 11) is 1.55. The van der Waals surface area contributed by atoms with E-state index in [-0.39, 0.29) is 18.5 Å². The smallest absolute Gasteiger partial charge is 0.188 e. The van der Waals surface area contributed by atoms with Gasteiger partial charge in [-0.25, -0.2) is 0 Å². The Labute approximate surface area is 127 Å². The van der Waals surface area contributed by atoms with Crippen molar-refractivity contribution in [2.45, 2.75) is 46.1 Å². The third kappa shape index (κ3) is 4.55. The Hall–Kier alpha value is -1.39. The molecule has 0 aliphatic heterocycles. The van der Waals surface area contributed by atoms with Gasteiger partial charge in [0.1, 0.15) is 11.5 Å². The second-order valence-corrected chi connectivity index (χ2v) is 5.83. The van der Waals surface area contributed by atoms with E-state index in [4.69, 9.17) is 9.47 Å². The number of rotatable bonds is 8. The number of aliphatic hydroxyl groups is 1. The molecule has 1 aromatic rings. The fraction of sp³-hybridized carbons (Fsp3) is 0.588. The van der Waals surface area contributed by atoms with Crippen LogP contribution in [0.3, 0.4) is 0 Å². The molecule has 118 valence electrons. The Morgan fingerprint density at radius 2 is 2.05 bits per heavy atom. The lowest BCUT2D eigenvalue weighted by Crippen LogP contribution is -2.33. The van der Waals surface area contributed by atoms with Crippen molar-refractivity contribution in [3.05, 3.63) is 29.3 Å². The van der Waals surface area contributed by atoms with Crippen molar-refractivity contribution in [1.82, 2.24) is 0 Å². The van der Waals surface area contributed by atoms with Crippen LogP contribution in [0.4, 0.5) is 0 Å². The van der Waals surface area contributed by atoms with Crippen molar-refractivity contribution in [3.63, 3.8) is 0 Å². The van der Waals surface area contributed by atoms with Crippen LogP contribution in [0.25, 0.3) is 0 Å². The topological polar surface area (TPSA) is 55.8 Å². The quantitative estimate of drug-likeness (QED) is 0.748. The van der Waals surface area contributed by atoms with Gasteiger partial charge in [-0.15, -0.1) is 0 Å². The van der Waals surface area contributed by atoms with Gasteiger partial charge in [0.15, 0.2) is 6.79 Å². The first-order valence-corrected chi connectivity index (χ1v) is 7.26. The highest BCUT2D eigenvalue weighted by Gasteiger charge is 2.36. The van der Waals surface area contributed by atoms with Crippen molar-refractivity contribution in [2.75, 3.05) is 13.9 Å². The summed E-state index contributed by atoms with van der Waals surface area (Å²) >= 11 is 0. The standard InChI is InChI=1S/C17H26O4/c1-12(2)17(19,9-8-14(4)18)15-10-13(3)6-7-16(15)21-11-20-5/h6-7,10,12,19H,8-9,11H2,1-5H3. The fourth-order valence-electron chi connectivity index (χ4n) is 2.33. The lowest BCUT2D eigenvalue weighted by molar-refractivity contribution is -0.119. The summed E-state index contributed by atoms with van der Waals surface area (Å²) in [5.41, 5.74) is 0.660. The number of ketones is 1. The second kappa shape index (κ2) is 7.57. The Balaban J connectivity index is 3.22. The fourth-order valence-corrected chi connectivity index (χ4v) is 2.33. The number of benzene rings is 1. The zero-order valence-corrected chi connectivity index (χ0v) is 13.6. The van der Waals surface area contributed by atoms with Gasteiger partial charge in [0.05, 0.1) is 5.60 Å². The van der Waals surface area contributed by atoms with Gasteiger partial charge in [-0.3, -0.25) is 0 Å². The van der Waals surface area contributed by atoms with Crippen LogP contribution < -0.4 is 4.74 Å². The number of carbonyl (C=O) groups excluding carboxylic acids is 1. The third-order valence-electron chi connectivity index (χ3n) is 3.75. The highest BCUT2D eigenvalue weighted by Crippen LogP contribution is 2.40. The molecule has 21 heavy (non-hydrogen) atoms. The summed E-state index contributed by atoms with van der Waals surface area (Å²) < 4.78 is 10.5. The maximum absolute atomic E-state index is 11.3. The molecular formula is C17H26O4. The van der Waals surface area contributed by atoms with Crippen LogP contribution in [0.2, 0.25) is 0 Å². The average Bonchev–Trinajstić information content (AvgIpc) is 2.43. The molecule has 1 unspecified atom stereocenters. The molecule has 4 nitrogen and oxygen atoms in total. The van der Waals surface area contributed by atoms with Crippen molar-refractivity contribution in [1.29, 1.82) is 0 Å². The maximum Gasteiger partial charge on any atom is 0.188 e. The van der Waals surface area contributed by atoms with Crippen LogP contribution in [0.5, 0.6) is 5.75 Å². The predicted molar refractivity (Wildman–Crippen MR) is 82.3 cm³/mol. The molecule has 0 saturated carbocycles. The summed E-state index contributed by atoms with van der Waals surface area (Å²) in [6.45, 7) is 7.52. The van der Waals surface area contributed by atoms with Gasteiger partial charge in [-0.2, -0.15) is 0 Å². The first-order valence-electron chi connectivity index (χ1n) is 7.26. The molecule has 1 atom stereocenters. The number of aryl methyl sites for hydroxylation is 1. The molecule has 0 radical (unpaired) electrons. The number of hydrogen-bond donors (Lipinski definition) is 1. The van der Waals surface area contributed by atoms with Gasteiger partial charge in [-0.1, -0.05) is 25.5 Å². The molecule has 1 rings (SSSR count). The van der Waals surface area contributed by atoms with Gasteiger partial charge in [-0.05, 0) is 38.3 Å². The molecule has 0 saturated heterocycles. The molecule has 0 fully saturated rings. The first kappa shape index (κ1) is 17.7. The van der Waals surface area contributed by atoms with E-state index in [1.807, 2.05) is 39.0 Å². The minimum Gasteiger partial charge on any atom is -0.467 e. The van der Waals surface area contributed by atoms with Gasteiger partial charge in [0.2, 0.25) is 0 Å². The third-order valence-corrected chi connectivity index (χ3v) is 3.75. The Morgan fingerprint density at radius 3 is 2.57 bits per heavy atom. The van der Waals surface area contributed by atoms with E-state index in [0.717, 1.165) is 11.1 Å². The van der Waals surface area contributed by atoms with Crippen LogP contribution in [0.15, 0.2) is 18.2 Å². The lowest BCUT2D eigenvalue weighted by Gasteiger charge is -2.34. The van der Waals surface area contributed by atoms with Crippen LogP contribution in [-0.4, -0.2) is 24.8 Å². The summed E-state index contributed by atoms with van der Waals surface area (Å²) in [6, 6.07) is 5.69. The van der Waals surface area contributed by atoms with Crippen molar-refractivity contribution in [3.8, 4) is 5.75 Å². The first-order chi connectivity index (χ1) is 9.81. The molecule has 0 heterocycles. The van der Waals surface area contributed by atoms with Crippen molar-refractivity contribution >= 4 is 5.78 Å². The second-order valence-electron chi connectivity index (χ2n) is 5.83. The summed E-state index contributed by atoms with van der Waals surface area (Å²) in [4.78, 5) is 11.3. The number of carbonyl (C=O) groups is 1. The van der Waals surface area contributed by atoms with Crippen LogP contribution in [-0.2, 0) is 15.1 Å². The highest BCUT2D eigenvalue weighted by atomic mass is 16.7. The number of Topliss-reactive ketones (excluding diaryl/α,β-unsaturated/α-hetero) is 1. The van der Waals surface area contributed by atoms with E-state index in [9.17, 15) is 9.90 Å². The van der Waals surface area contributed by atoms with Gasteiger partial charge in [0, 0.05) is 19.1 Å². The average molecular weight is 294 g/mol. The van der Waals surface area contributed by atoms with Crippen LogP contribution in [0.1, 0.15) is 44.7 Å². The molecule has 4 heteroatoms. The molecule has 0 aliphatic carbocycles. The van der Waals surface area contributed by atoms with Crippen molar-refractivity contribution < 1.29 is 19.4 Å². The molecule has 0 spiro atoms. The maximum atomic E-state index is 11.3. The lowest BCUT2D eigenvalue weighted by atomic mass is 9.78. The van der Waals surface area contributed by atoms with E-state index in [1.165, 1.54) is 0 Å². The Kier molecular flexibility index (Phi) is 6.37. The van der Waals surface area contributed by atoms with E-state index in [2.05, 4.69) is 0 Å². The van der Waals surface area contributed by atoms with E-state index >= 15 is 0 Å². The van der Waals surface area contributed by atoms with Gasteiger partial charge in [0.25, 0.3) is 0 Å².